The summed E-state index contributed by atoms with van der Waals surface area (Å²) in [6, 6.07) is 10.2. The van der Waals surface area contributed by atoms with Gasteiger partial charge in [0.15, 0.2) is 5.78 Å². The van der Waals surface area contributed by atoms with E-state index in [-0.39, 0.29) is 18.0 Å². The van der Waals surface area contributed by atoms with E-state index in [4.69, 9.17) is 0 Å². The summed E-state index contributed by atoms with van der Waals surface area (Å²) < 4.78 is 13.1. The number of halogens is 1. The fraction of sp³-hybridized carbons (Fsp3) is 0.105. The molecule has 25 heavy (non-hydrogen) atoms. The number of fused-ring (bicyclic) bond motifs is 1. The van der Waals surface area contributed by atoms with Gasteiger partial charge in [0, 0.05) is 29.4 Å². The van der Waals surface area contributed by atoms with Gasteiger partial charge in [-0.1, -0.05) is 0 Å². The molecule has 0 amide bonds. The Morgan fingerprint density at radius 1 is 1.16 bits per heavy atom. The van der Waals surface area contributed by atoms with Crippen LogP contribution in [0.3, 0.4) is 0 Å². The Morgan fingerprint density at radius 3 is 2.68 bits per heavy atom. The number of carbonyl (C=O) groups is 1. The highest BCUT2D eigenvalue weighted by atomic mass is 19.1. The summed E-state index contributed by atoms with van der Waals surface area (Å²) in [6.45, 7) is 1.82. The number of H-pyrrole nitrogens is 2. The van der Waals surface area contributed by atoms with Crippen molar-refractivity contribution in [2.45, 2.75) is 13.3 Å². The number of hydrogen-bond acceptors (Lipinski definition) is 3. The number of hydrogen-bond donors (Lipinski definition) is 2. The Labute approximate surface area is 142 Å². The molecule has 0 atom stereocenters. The number of benzene rings is 1. The highest BCUT2D eigenvalue weighted by molar-refractivity contribution is 5.98. The zero-order valence-electron chi connectivity index (χ0n) is 13.5. The number of ketones is 1. The molecule has 3 heterocycles. The van der Waals surface area contributed by atoms with E-state index in [9.17, 15) is 9.18 Å². The normalized spacial score (nSPS) is 11.1. The van der Waals surface area contributed by atoms with E-state index in [0.29, 0.717) is 5.56 Å². The average Bonchev–Trinajstić information content (AvgIpc) is 3.21. The number of pyridine rings is 1. The molecule has 0 fully saturated rings. The standard InChI is InChI=1S/C19H15FN4O/c1-11-16(10-22-24-11)18(25)7-12-6-14-8-17(23-19(14)21-9-12)13-2-4-15(20)5-3-13/h2-6,8-10H,7H2,1H3,(H,21,23)(H,22,24). The van der Waals surface area contributed by atoms with Crippen LogP contribution in [0.15, 0.2) is 48.8 Å². The van der Waals surface area contributed by atoms with Crippen LogP contribution in [0.2, 0.25) is 0 Å². The van der Waals surface area contributed by atoms with Gasteiger partial charge in [-0.3, -0.25) is 9.89 Å². The lowest BCUT2D eigenvalue weighted by molar-refractivity contribution is 0.0992. The maximum atomic E-state index is 13.1. The van der Waals surface area contributed by atoms with Gasteiger partial charge in [-0.2, -0.15) is 5.10 Å². The number of aryl methyl sites for hydroxylation is 1. The molecule has 0 spiro atoms. The van der Waals surface area contributed by atoms with Crippen molar-refractivity contribution in [3.05, 3.63) is 71.4 Å². The first-order valence-corrected chi connectivity index (χ1v) is 7.87. The third-order valence-corrected chi connectivity index (χ3v) is 4.18. The Kier molecular flexibility index (Phi) is 3.65. The molecule has 0 aliphatic rings. The largest absolute Gasteiger partial charge is 0.339 e. The Balaban J connectivity index is 1.63. The van der Waals surface area contributed by atoms with E-state index < -0.39 is 0 Å². The smallest absolute Gasteiger partial charge is 0.170 e. The van der Waals surface area contributed by atoms with Gasteiger partial charge >= 0.3 is 0 Å². The second kappa shape index (κ2) is 5.98. The van der Waals surface area contributed by atoms with Gasteiger partial charge in [0.2, 0.25) is 0 Å². The van der Waals surface area contributed by atoms with Gasteiger partial charge in [-0.15, -0.1) is 0 Å². The van der Waals surface area contributed by atoms with E-state index in [2.05, 4.69) is 20.2 Å². The lowest BCUT2D eigenvalue weighted by atomic mass is 10.0. The molecule has 5 nitrogen and oxygen atoms in total. The zero-order valence-corrected chi connectivity index (χ0v) is 13.5. The molecule has 0 unspecified atom stereocenters. The summed E-state index contributed by atoms with van der Waals surface area (Å²) in [7, 11) is 0. The molecular weight excluding hydrogens is 319 g/mol. The van der Waals surface area contributed by atoms with Crippen LogP contribution in [0.5, 0.6) is 0 Å². The van der Waals surface area contributed by atoms with Crippen LogP contribution in [0.1, 0.15) is 21.6 Å². The van der Waals surface area contributed by atoms with E-state index in [0.717, 1.165) is 33.5 Å². The third kappa shape index (κ3) is 2.94. The molecule has 6 heteroatoms. The van der Waals surface area contributed by atoms with E-state index in [1.165, 1.54) is 12.1 Å². The van der Waals surface area contributed by atoms with Gasteiger partial charge in [0.1, 0.15) is 11.5 Å². The molecule has 0 saturated heterocycles. The number of carbonyl (C=O) groups excluding carboxylic acids is 1. The minimum atomic E-state index is -0.270. The molecule has 2 N–H and O–H groups in total. The molecule has 0 saturated carbocycles. The molecule has 3 aromatic heterocycles. The minimum absolute atomic E-state index is 0.00157. The summed E-state index contributed by atoms with van der Waals surface area (Å²) in [6.07, 6.45) is 3.51. The second-order valence-electron chi connectivity index (χ2n) is 5.98. The summed E-state index contributed by atoms with van der Waals surface area (Å²) in [5.41, 5.74) is 4.67. The summed E-state index contributed by atoms with van der Waals surface area (Å²) >= 11 is 0. The first kappa shape index (κ1) is 15.3. The second-order valence-corrected chi connectivity index (χ2v) is 5.98. The van der Waals surface area contributed by atoms with Gasteiger partial charge in [-0.05, 0) is 54.4 Å². The first-order valence-electron chi connectivity index (χ1n) is 7.87. The summed E-state index contributed by atoms with van der Waals surface area (Å²) in [5.74, 6) is -0.269. The minimum Gasteiger partial charge on any atom is -0.339 e. The Morgan fingerprint density at radius 2 is 1.96 bits per heavy atom. The van der Waals surface area contributed by atoms with Crippen molar-refractivity contribution in [1.29, 1.82) is 0 Å². The predicted octanol–water partition coefficient (Wildman–Crippen LogP) is 3.83. The summed E-state index contributed by atoms with van der Waals surface area (Å²) in [4.78, 5) is 20.0. The molecular formula is C19H15FN4O. The molecule has 4 rings (SSSR count). The number of aromatic amines is 2. The SMILES string of the molecule is Cc1[nH]ncc1C(=O)Cc1cnc2[nH]c(-c3ccc(F)cc3)cc2c1. The van der Waals surface area contributed by atoms with Crippen LogP contribution < -0.4 is 0 Å². The highest BCUT2D eigenvalue weighted by Gasteiger charge is 2.13. The van der Waals surface area contributed by atoms with Crippen molar-refractivity contribution in [1.82, 2.24) is 20.2 Å². The molecule has 0 aliphatic carbocycles. The van der Waals surface area contributed by atoms with Gasteiger partial charge in [0.25, 0.3) is 0 Å². The quantitative estimate of drug-likeness (QED) is 0.557. The van der Waals surface area contributed by atoms with E-state index in [1.54, 1.807) is 24.5 Å². The van der Waals surface area contributed by atoms with Gasteiger partial charge in [0.05, 0.1) is 11.8 Å². The molecule has 0 bridgehead atoms. The van der Waals surface area contributed by atoms with Crippen molar-refractivity contribution in [3.63, 3.8) is 0 Å². The lowest BCUT2D eigenvalue weighted by Crippen LogP contribution is -2.04. The average molecular weight is 334 g/mol. The molecule has 0 aliphatic heterocycles. The molecule has 0 radical (unpaired) electrons. The van der Waals surface area contributed by atoms with Crippen LogP contribution in [0, 0.1) is 12.7 Å². The van der Waals surface area contributed by atoms with Crippen LogP contribution in [0.4, 0.5) is 4.39 Å². The molecule has 1 aromatic carbocycles. The number of nitrogens with one attached hydrogen (secondary N) is 2. The fourth-order valence-electron chi connectivity index (χ4n) is 2.86. The predicted molar refractivity (Wildman–Crippen MR) is 92.8 cm³/mol. The van der Waals surface area contributed by atoms with E-state index >= 15 is 0 Å². The van der Waals surface area contributed by atoms with Crippen LogP contribution in [-0.2, 0) is 6.42 Å². The van der Waals surface area contributed by atoms with Crippen molar-refractivity contribution in [2.24, 2.45) is 0 Å². The van der Waals surface area contributed by atoms with Crippen molar-refractivity contribution < 1.29 is 9.18 Å². The van der Waals surface area contributed by atoms with Crippen LogP contribution >= 0.6 is 0 Å². The number of Topliss-reactive ketones (excluding diaryl/α,β-unsaturated/α-hetero) is 1. The van der Waals surface area contributed by atoms with Crippen LogP contribution in [-0.4, -0.2) is 25.9 Å². The maximum Gasteiger partial charge on any atom is 0.170 e. The van der Waals surface area contributed by atoms with Gasteiger partial charge < -0.3 is 4.98 Å². The van der Waals surface area contributed by atoms with Gasteiger partial charge in [-0.25, -0.2) is 9.37 Å². The Bertz CT molecular complexity index is 1060. The number of aromatic nitrogens is 4. The molecule has 4 aromatic rings. The fourth-order valence-corrected chi connectivity index (χ4v) is 2.86. The lowest BCUT2D eigenvalue weighted by Gasteiger charge is -2.00. The highest BCUT2D eigenvalue weighted by Crippen LogP contribution is 2.24. The zero-order chi connectivity index (χ0) is 17.4. The number of nitrogens with zero attached hydrogens (tertiary/aromatic N) is 2. The third-order valence-electron chi connectivity index (χ3n) is 4.18. The maximum absolute atomic E-state index is 13.1. The van der Waals surface area contributed by atoms with Crippen molar-refractivity contribution in [2.75, 3.05) is 0 Å². The van der Waals surface area contributed by atoms with Crippen molar-refractivity contribution >= 4 is 16.8 Å². The first-order chi connectivity index (χ1) is 12.1. The topological polar surface area (TPSA) is 74.4 Å². The Hall–Kier alpha value is -3.28. The van der Waals surface area contributed by atoms with E-state index in [1.807, 2.05) is 19.1 Å². The van der Waals surface area contributed by atoms with Crippen LogP contribution in [0.25, 0.3) is 22.3 Å². The number of rotatable bonds is 4. The summed E-state index contributed by atoms with van der Waals surface area (Å²) in [5, 5.41) is 7.57. The molecule has 124 valence electrons. The van der Waals surface area contributed by atoms with Crippen molar-refractivity contribution in [3.8, 4) is 11.3 Å². The monoisotopic (exact) mass is 334 g/mol.